The van der Waals surface area contributed by atoms with Gasteiger partial charge in [-0.25, -0.2) is 0 Å². The van der Waals surface area contributed by atoms with E-state index in [2.05, 4.69) is 10.4 Å². The van der Waals surface area contributed by atoms with E-state index >= 15 is 13.2 Å². The van der Waals surface area contributed by atoms with Gasteiger partial charge in [0.2, 0.25) is 11.8 Å². The number of amides is 2. The van der Waals surface area contributed by atoms with Gasteiger partial charge in [-0.15, -0.1) is 0 Å². The van der Waals surface area contributed by atoms with Crippen LogP contribution < -0.4 is 20.1 Å². The van der Waals surface area contributed by atoms with Crippen molar-refractivity contribution in [3.63, 3.8) is 0 Å². The molecular formula is C30H30F6N4O5. The van der Waals surface area contributed by atoms with Crippen LogP contribution in [-0.2, 0) is 15.1 Å². The van der Waals surface area contributed by atoms with Gasteiger partial charge in [0.1, 0.15) is 23.6 Å². The summed E-state index contributed by atoms with van der Waals surface area (Å²) in [6.07, 6.45) is -10.3. The second kappa shape index (κ2) is 13.6. The highest BCUT2D eigenvalue weighted by Crippen LogP contribution is 2.43. The monoisotopic (exact) mass is 640 g/mol. The van der Waals surface area contributed by atoms with Crippen LogP contribution in [0.2, 0.25) is 0 Å². The SMILES string of the molecule is COc1ccc(NC(=O)CC(=O)NC(CC(=O)c2ccn(C3CC3)n2)(c2ccc(OCCCC(F)(F)F)cc2)C(F)(F)F)cc1. The smallest absolute Gasteiger partial charge is 0.416 e. The molecule has 45 heavy (non-hydrogen) atoms. The molecule has 0 bridgehead atoms. The lowest BCUT2D eigenvalue weighted by atomic mass is 9.83. The summed E-state index contributed by atoms with van der Waals surface area (Å²) in [5, 5.41) is 8.40. The molecule has 0 aliphatic heterocycles. The molecule has 1 aliphatic carbocycles. The lowest BCUT2D eigenvalue weighted by molar-refractivity contribution is -0.202. The molecule has 242 valence electrons. The quantitative estimate of drug-likeness (QED) is 0.0951. The van der Waals surface area contributed by atoms with E-state index in [9.17, 15) is 27.6 Å². The number of halogens is 6. The number of nitrogens with zero attached hydrogens (tertiary/aromatic N) is 2. The molecule has 9 nitrogen and oxygen atoms in total. The fraction of sp³-hybridized carbons (Fsp3) is 0.400. The average Bonchev–Trinajstić information content (AvgIpc) is 3.70. The maximum absolute atomic E-state index is 15.0. The molecule has 0 saturated heterocycles. The van der Waals surface area contributed by atoms with Crippen molar-refractivity contribution in [1.29, 1.82) is 0 Å². The maximum Gasteiger partial charge on any atom is 0.416 e. The number of rotatable bonds is 14. The molecule has 0 spiro atoms. The van der Waals surface area contributed by atoms with Crippen LogP contribution in [0, 0.1) is 0 Å². The van der Waals surface area contributed by atoms with Gasteiger partial charge in [-0.3, -0.25) is 19.1 Å². The fourth-order valence-electron chi connectivity index (χ4n) is 4.52. The molecule has 1 unspecified atom stereocenters. The predicted octanol–water partition coefficient (Wildman–Crippen LogP) is 6.12. The van der Waals surface area contributed by atoms with Crippen molar-refractivity contribution in [2.75, 3.05) is 19.0 Å². The number of carbonyl (C=O) groups is 3. The van der Waals surface area contributed by atoms with Crippen molar-refractivity contribution in [1.82, 2.24) is 15.1 Å². The largest absolute Gasteiger partial charge is 0.497 e. The van der Waals surface area contributed by atoms with Crippen LogP contribution in [0.5, 0.6) is 11.5 Å². The molecule has 2 N–H and O–H groups in total. The second-order valence-electron chi connectivity index (χ2n) is 10.5. The Morgan fingerprint density at radius 2 is 1.56 bits per heavy atom. The third-order valence-electron chi connectivity index (χ3n) is 6.99. The molecule has 3 aromatic rings. The Labute approximate surface area is 253 Å². The minimum absolute atomic E-state index is 0.0169. The summed E-state index contributed by atoms with van der Waals surface area (Å²) in [4.78, 5) is 38.8. The summed E-state index contributed by atoms with van der Waals surface area (Å²) in [6.45, 7) is -0.342. The van der Waals surface area contributed by atoms with E-state index in [0.717, 1.165) is 37.1 Å². The van der Waals surface area contributed by atoms with Gasteiger partial charge < -0.3 is 20.1 Å². The zero-order chi connectivity index (χ0) is 32.8. The van der Waals surface area contributed by atoms with Crippen LogP contribution in [0.1, 0.15) is 60.6 Å². The molecule has 0 radical (unpaired) electrons. The first kappa shape index (κ1) is 33.3. The highest BCUT2D eigenvalue weighted by atomic mass is 19.4. The number of ether oxygens (including phenoxy) is 2. The Kier molecular flexibility index (Phi) is 10.1. The number of anilines is 1. The number of benzene rings is 2. The van der Waals surface area contributed by atoms with Crippen LogP contribution in [0.3, 0.4) is 0 Å². The second-order valence-corrected chi connectivity index (χ2v) is 10.5. The van der Waals surface area contributed by atoms with E-state index in [-0.39, 0.29) is 36.2 Å². The Morgan fingerprint density at radius 3 is 2.13 bits per heavy atom. The number of carbonyl (C=O) groups excluding carboxylic acids is 3. The lowest BCUT2D eigenvalue weighted by Gasteiger charge is -2.36. The van der Waals surface area contributed by atoms with E-state index in [0.29, 0.717) is 5.75 Å². The van der Waals surface area contributed by atoms with E-state index in [1.54, 1.807) is 0 Å². The van der Waals surface area contributed by atoms with Crippen molar-refractivity contribution in [2.24, 2.45) is 0 Å². The number of hydrogen-bond donors (Lipinski definition) is 2. The summed E-state index contributed by atoms with van der Waals surface area (Å²) in [6, 6.07) is 11.5. The van der Waals surface area contributed by atoms with Crippen LogP contribution in [0.25, 0.3) is 0 Å². The number of aromatic nitrogens is 2. The molecular weight excluding hydrogens is 610 g/mol. The third kappa shape index (κ3) is 8.99. The normalized spacial score (nSPS) is 14.7. The highest BCUT2D eigenvalue weighted by molar-refractivity contribution is 6.04. The molecule has 1 aliphatic rings. The number of Topliss-reactive ketones (excluding diaryl/α,β-unsaturated/α-hetero) is 1. The lowest BCUT2D eigenvalue weighted by Crippen LogP contribution is -2.57. The fourth-order valence-corrected chi connectivity index (χ4v) is 4.52. The van der Waals surface area contributed by atoms with Gasteiger partial charge in [-0.05, 0) is 67.3 Å². The number of ketones is 1. The van der Waals surface area contributed by atoms with E-state index in [1.807, 2.05) is 5.32 Å². The molecule has 4 rings (SSSR count). The van der Waals surface area contributed by atoms with Crippen molar-refractivity contribution in [3.05, 3.63) is 72.1 Å². The first-order chi connectivity index (χ1) is 21.2. The number of methoxy groups -OCH3 is 1. The van der Waals surface area contributed by atoms with Gasteiger partial charge in [0.25, 0.3) is 0 Å². The van der Waals surface area contributed by atoms with Crippen LogP contribution in [0.4, 0.5) is 32.0 Å². The molecule has 1 saturated carbocycles. The van der Waals surface area contributed by atoms with Gasteiger partial charge in [-0.2, -0.15) is 31.4 Å². The van der Waals surface area contributed by atoms with Gasteiger partial charge >= 0.3 is 12.4 Å². The molecule has 2 aromatic carbocycles. The molecule has 1 fully saturated rings. The van der Waals surface area contributed by atoms with Crippen LogP contribution in [-0.4, -0.2) is 53.4 Å². The molecule has 1 aromatic heterocycles. The summed E-state index contributed by atoms with van der Waals surface area (Å²) < 4.78 is 94.0. The summed E-state index contributed by atoms with van der Waals surface area (Å²) >= 11 is 0. The van der Waals surface area contributed by atoms with Crippen LogP contribution in [0.15, 0.2) is 60.8 Å². The zero-order valence-electron chi connectivity index (χ0n) is 24.0. The minimum atomic E-state index is -5.25. The van der Waals surface area contributed by atoms with Gasteiger partial charge in [0.15, 0.2) is 11.3 Å². The molecule has 1 heterocycles. The molecule has 2 amide bonds. The summed E-state index contributed by atoms with van der Waals surface area (Å²) in [5.74, 6) is -2.77. The summed E-state index contributed by atoms with van der Waals surface area (Å²) in [5.41, 5.74) is -3.81. The average molecular weight is 641 g/mol. The van der Waals surface area contributed by atoms with E-state index < -0.39 is 60.3 Å². The Balaban J connectivity index is 1.56. The first-order valence-electron chi connectivity index (χ1n) is 13.9. The predicted molar refractivity (Wildman–Crippen MR) is 149 cm³/mol. The minimum Gasteiger partial charge on any atom is -0.497 e. The van der Waals surface area contributed by atoms with Gasteiger partial charge in [-0.1, -0.05) is 12.1 Å². The summed E-state index contributed by atoms with van der Waals surface area (Å²) in [7, 11) is 1.44. The van der Waals surface area contributed by atoms with Gasteiger partial charge in [0.05, 0.1) is 19.8 Å². The number of nitrogens with one attached hydrogen (secondary N) is 2. The van der Waals surface area contributed by atoms with Crippen molar-refractivity contribution >= 4 is 23.3 Å². The van der Waals surface area contributed by atoms with Crippen molar-refractivity contribution in [3.8, 4) is 11.5 Å². The Hall–Kier alpha value is -4.56. The number of hydrogen-bond acceptors (Lipinski definition) is 6. The van der Waals surface area contributed by atoms with Crippen LogP contribution >= 0.6 is 0 Å². The van der Waals surface area contributed by atoms with Crippen molar-refractivity contribution < 1.29 is 50.2 Å². The first-order valence-corrected chi connectivity index (χ1v) is 13.9. The topological polar surface area (TPSA) is 112 Å². The molecule has 15 heteroatoms. The maximum atomic E-state index is 15.0. The Morgan fingerprint density at radius 1 is 0.911 bits per heavy atom. The van der Waals surface area contributed by atoms with E-state index in [4.69, 9.17) is 9.47 Å². The highest BCUT2D eigenvalue weighted by Gasteiger charge is 2.58. The standard InChI is InChI=1S/C30H30F6N4O5/c1-44-22-11-5-20(6-12-22)37-26(42)17-27(43)38-28(30(34,35)36,18-25(41)24-13-15-40(39-24)21-7-8-21)19-3-9-23(10-4-19)45-16-2-14-29(31,32)33/h3-6,9-13,15,21H,2,7-8,14,16-18H2,1H3,(H,37,42)(H,38,43). The van der Waals surface area contributed by atoms with Gasteiger partial charge in [0, 0.05) is 24.7 Å². The zero-order valence-corrected chi connectivity index (χ0v) is 24.0. The third-order valence-corrected chi connectivity index (χ3v) is 6.99. The van der Waals surface area contributed by atoms with E-state index in [1.165, 1.54) is 48.3 Å². The Bertz CT molecular complexity index is 1480. The molecule has 1 atom stereocenters. The number of alkyl halides is 6. The van der Waals surface area contributed by atoms with Crippen molar-refractivity contribution in [2.45, 2.75) is 62.5 Å².